The molecule has 0 aromatic carbocycles. The molecule has 0 radical (unpaired) electrons. The molecule has 3 aliphatic heterocycles. The van der Waals surface area contributed by atoms with Gasteiger partial charge in [0.25, 0.3) is 0 Å². The summed E-state index contributed by atoms with van der Waals surface area (Å²) in [6.07, 6.45) is -19.0. The van der Waals surface area contributed by atoms with Crippen molar-refractivity contribution >= 4 is 0 Å². The lowest BCUT2D eigenvalue weighted by Crippen LogP contribution is -2.63. The molecule has 16 nitrogen and oxygen atoms in total. The number of hydrogen-bond acceptors (Lipinski definition) is 16. The molecule has 0 aromatic rings. The van der Waals surface area contributed by atoms with Gasteiger partial charge in [0.2, 0.25) is 11.6 Å². The third-order valence-corrected chi connectivity index (χ3v) is 6.27. The van der Waals surface area contributed by atoms with E-state index >= 15 is 0 Å². The molecule has 11 N–H and O–H groups in total. The Morgan fingerprint density at radius 2 is 1.09 bits per heavy atom. The molecule has 3 heterocycles. The summed E-state index contributed by atoms with van der Waals surface area (Å²) in [5.41, 5.74) is 0. The summed E-state index contributed by atoms with van der Waals surface area (Å²) in [6.45, 7) is -4.40. The third kappa shape index (κ3) is 4.71. The van der Waals surface area contributed by atoms with Crippen molar-refractivity contribution in [2.24, 2.45) is 0 Å². The maximum Gasteiger partial charge on any atom is 0.224 e. The standard InChI is InChI=1S/C18H32O16/c19-1-6-9(23)12(26)13(27)16(31-6)34-18(15(29)11(25)8(3-21)33-18)5-30-17(4-22)14(28)10(24)7(2-20)32-17/h6-16,19-29H,1-5H2/t6?,7-,8-,9-,10+,11+,12+,13?,14?,15?,16-,17-,18+/m1/s1. The van der Waals surface area contributed by atoms with E-state index in [9.17, 15) is 56.2 Å². The van der Waals surface area contributed by atoms with Gasteiger partial charge in [-0.15, -0.1) is 0 Å². The second kappa shape index (κ2) is 10.8. The molecule has 0 amide bonds. The highest BCUT2D eigenvalue weighted by Crippen LogP contribution is 2.39. The predicted molar refractivity (Wildman–Crippen MR) is 101 cm³/mol. The summed E-state index contributed by atoms with van der Waals surface area (Å²) >= 11 is 0. The highest BCUT2D eigenvalue weighted by molar-refractivity contribution is 5.01. The van der Waals surface area contributed by atoms with Crippen LogP contribution in [0.25, 0.3) is 0 Å². The van der Waals surface area contributed by atoms with Crippen LogP contribution >= 0.6 is 0 Å². The van der Waals surface area contributed by atoms with Crippen LogP contribution in [0.2, 0.25) is 0 Å². The summed E-state index contributed by atoms with van der Waals surface area (Å²) in [7, 11) is 0. The Balaban J connectivity index is 1.87. The average molecular weight is 504 g/mol. The smallest absolute Gasteiger partial charge is 0.224 e. The van der Waals surface area contributed by atoms with Crippen LogP contribution < -0.4 is 0 Å². The van der Waals surface area contributed by atoms with Gasteiger partial charge in [-0.25, -0.2) is 0 Å². The topological polar surface area (TPSA) is 269 Å². The van der Waals surface area contributed by atoms with Crippen LogP contribution in [0.3, 0.4) is 0 Å². The molecule has 200 valence electrons. The summed E-state index contributed by atoms with van der Waals surface area (Å²) in [6, 6.07) is 0. The number of ether oxygens (including phenoxy) is 5. The summed E-state index contributed by atoms with van der Waals surface area (Å²) in [4.78, 5) is 0. The summed E-state index contributed by atoms with van der Waals surface area (Å²) in [5, 5.41) is 109. The third-order valence-electron chi connectivity index (χ3n) is 6.27. The van der Waals surface area contributed by atoms with E-state index in [0.29, 0.717) is 0 Å². The van der Waals surface area contributed by atoms with Crippen LogP contribution in [0.4, 0.5) is 0 Å². The van der Waals surface area contributed by atoms with E-state index in [1.54, 1.807) is 0 Å². The first-order valence-electron chi connectivity index (χ1n) is 10.5. The second-order valence-electron chi connectivity index (χ2n) is 8.43. The first-order valence-corrected chi connectivity index (χ1v) is 10.5. The van der Waals surface area contributed by atoms with E-state index < -0.39 is 112 Å². The molecule has 0 aliphatic carbocycles. The van der Waals surface area contributed by atoms with Crippen molar-refractivity contribution in [2.45, 2.75) is 78.9 Å². The van der Waals surface area contributed by atoms with Gasteiger partial charge in [-0.3, -0.25) is 0 Å². The molecule has 0 aromatic heterocycles. The van der Waals surface area contributed by atoms with E-state index in [0.717, 1.165) is 0 Å². The molecule has 16 heteroatoms. The Bertz CT molecular complexity index is 668. The van der Waals surface area contributed by atoms with Crippen LogP contribution in [0.1, 0.15) is 0 Å². The monoisotopic (exact) mass is 504 g/mol. The molecule has 0 saturated carbocycles. The van der Waals surface area contributed by atoms with Gasteiger partial charge >= 0.3 is 0 Å². The lowest BCUT2D eigenvalue weighted by atomic mass is 9.99. The molecule has 4 unspecified atom stereocenters. The number of rotatable bonds is 9. The first kappa shape index (κ1) is 27.9. The summed E-state index contributed by atoms with van der Waals surface area (Å²) in [5.74, 6) is -4.84. The van der Waals surface area contributed by atoms with Crippen LogP contribution in [0.5, 0.6) is 0 Å². The highest BCUT2D eigenvalue weighted by Gasteiger charge is 2.62. The predicted octanol–water partition coefficient (Wildman–Crippen LogP) is -7.57. The van der Waals surface area contributed by atoms with Crippen molar-refractivity contribution < 1.29 is 79.9 Å². The molecule has 3 saturated heterocycles. The van der Waals surface area contributed by atoms with Gasteiger partial charge < -0.3 is 79.9 Å². The molecule has 0 bridgehead atoms. The molecule has 3 rings (SSSR count). The fraction of sp³-hybridized carbons (Fsp3) is 1.00. The number of aliphatic hydroxyl groups excluding tert-OH is 11. The SMILES string of the molecule is OCC1O[C@H](O[C@]2(CO[C@]3(CO)O[C@H](CO)[C@H](O)C3O)O[C@H](CO)[C@H](O)C2O)C(O)[C@@H](O)[C@@H]1O. The molecular weight excluding hydrogens is 472 g/mol. The van der Waals surface area contributed by atoms with Crippen LogP contribution in [-0.2, 0) is 23.7 Å². The van der Waals surface area contributed by atoms with Crippen molar-refractivity contribution in [3.63, 3.8) is 0 Å². The quantitative estimate of drug-likeness (QED) is 0.139. The van der Waals surface area contributed by atoms with Crippen LogP contribution in [0.15, 0.2) is 0 Å². The Kier molecular flexibility index (Phi) is 8.85. The molecule has 13 atom stereocenters. The number of hydrogen-bond donors (Lipinski definition) is 11. The largest absolute Gasteiger partial charge is 0.394 e. The fourth-order valence-corrected chi connectivity index (χ4v) is 4.14. The van der Waals surface area contributed by atoms with E-state index in [2.05, 4.69) is 0 Å². The van der Waals surface area contributed by atoms with Gasteiger partial charge in [-0.1, -0.05) is 0 Å². The van der Waals surface area contributed by atoms with Crippen molar-refractivity contribution in [1.82, 2.24) is 0 Å². The van der Waals surface area contributed by atoms with E-state index in [1.165, 1.54) is 0 Å². The zero-order chi connectivity index (χ0) is 25.4. The maximum atomic E-state index is 10.7. The minimum Gasteiger partial charge on any atom is -0.394 e. The van der Waals surface area contributed by atoms with Gasteiger partial charge in [0.1, 0.15) is 74.3 Å². The Labute approximate surface area is 192 Å². The normalized spacial score (nSPS) is 51.8. The lowest BCUT2D eigenvalue weighted by Gasteiger charge is -2.44. The average Bonchev–Trinajstić information content (AvgIpc) is 3.23. The molecule has 0 spiro atoms. The molecule has 3 aliphatic rings. The zero-order valence-corrected chi connectivity index (χ0v) is 17.8. The number of aliphatic hydroxyl groups is 11. The Morgan fingerprint density at radius 3 is 1.56 bits per heavy atom. The highest BCUT2D eigenvalue weighted by atomic mass is 16.8. The molecule has 34 heavy (non-hydrogen) atoms. The van der Waals surface area contributed by atoms with E-state index in [-0.39, 0.29) is 0 Å². The van der Waals surface area contributed by atoms with Crippen molar-refractivity contribution in [3.05, 3.63) is 0 Å². The van der Waals surface area contributed by atoms with Gasteiger partial charge in [0, 0.05) is 0 Å². The summed E-state index contributed by atoms with van der Waals surface area (Å²) < 4.78 is 26.9. The first-order chi connectivity index (χ1) is 16.0. The Hall–Kier alpha value is -0.640. The van der Waals surface area contributed by atoms with Crippen LogP contribution in [-0.4, -0.2) is 168 Å². The van der Waals surface area contributed by atoms with Gasteiger partial charge in [0.15, 0.2) is 6.29 Å². The maximum absolute atomic E-state index is 10.7. The molecule has 3 fully saturated rings. The zero-order valence-electron chi connectivity index (χ0n) is 17.8. The van der Waals surface area contributed by atoms with Gasteiger partial charge in [-0.05, 0) is 0 Å². The minimum absolute atomic E-state index is 0.750. The Morgan fingerprint density at radius 1 is 0.588 bits per heavy atom. The van der Waals surface area contributed by atoms with Gasteiger partial charge in [-0.2, -0.15) is 0 Å². The van der Waals surface area contributed by atoms with Crippen molar-refractivity contribution in [1.29, 1.82) is 0 Å². The van der Waals surface area contributed by atoms with E-state index in [4.69, 9.17) is 23.7 Å². The molecular formula is C18H32O16. The van der Waals surface area contributed by atoms with E-state index in [1.807, 2.05) is 0 Å². The lowest BCUT2D eigenvalue weighted by molar-refractivity contribution is -0.399. The van der Waals surface area contributed by atoms with Crippen LogP contribution in [0, 0.1) is 0 Å². The fourth-order valence-electron chi connectivity index (χ4n) is 4.14. The minimum atomic E-state index is -2.49. The van der Waals surface area contributed by atoms with Crippen molar-refractivity contribution in [3.8, 4) is 0 Å². The van der Waals surface area contributed by atoms with Gasteiger partial charge in [0.05, 0.1) is 19.8 Å². The van der Waals surface area contributed by atoms with Crippen molar-refractivity contribution in [2.75, 3.05) is 33.0 Å². The second-order valence-corrected chi connectivity index (χ2v) is 8.43.